The van der Waals surface area contributed by atoms with E-state index in [2.05, 4.69) is 6.92 Å². The second-order valence-corrected chi connectivity index (χ2v) is 11.3. The number of hydrogen-bond acceptors (Lipinski definition) is 6. The van der Waals surface area contributed by atoms with Crippen LogP contribution in [0.5, 0.6) is 0 Å². The first-order valence-electron chi connectivity index (χ1n) is 11.1. The zero-order valence-corrected chi connectivity index (χ0v) is 18.0. The van der Waals surface area contributed by atoms with Gasteiger partial charge >= 0.3 is 5.97 Å². The van der Waals surface area contributed by atoms with Crippen LogP contribution in [0.3, 0.4) is 0 Å². The van der Waals surface area contributed by atoms with E-state index in [4.69, 9.17) is 4.74 Å². The lowest BCUT2D eigenvalue weighted by molar-refractivity contribution is -0.196. The summed E-state index contributed by atoms with van der Waals surface area (Å²) in [6.07, 6.45) is 6.43. The number of fused-ring (bicyclic) bond motifs is 3. The summed E-state index contributed by atoms with van der Waals surface area (Å²) in [5.41, 5.74) is 0.0323. The molecule has 2 spiro atoms. The summed E-state index contributed by atoms with van der Waals surface area (Å²) in [5, 5.41) is 11.0. The maximum absolute atomic E-state index is 13.3. The van der Waals surface area contributed by atoms with E-state index in [-0.39, 0.29) is 45.3 Å². The monoisotopic (exact) mass is 418 g/mol. The number of hydrogen-bond donors (Lipinski definition) is 1. The van der Waals surface area contributed by atoms with E-state index in [0.717, 1.165) is 31.3 Å². The molecule has 2 saturated heterocycles. The van der Waals surface area contributed by atoms with Crippen molar-refractivity contribution in [2.24, 2.45) is 34.5 Å². The van der Waals surface area contributed by atoms with Crippen molar-refractivity contribution in [3.63, 3.8) is 0 Å². The van der Waals surface area contributed by atoms with Crippen molar-refractivity contribution in [2.75, 3.05) is 6.61 Å². The normalized spacial score (nSPS) is 48.2. The van der Waals surface area contributed by atoms with Gasteiger partial charge in [0.05, 0.1) is 11.5 Å². The Morgan fingerprint density at radius 1 is 1.28 bits per heavy atom. The zero-order valence-electron chi connectivity index (χ0n) is 17.2. The highest BCUT2D eigenvalue weighted by Crippen LogP contribution is 2.69. The molecule has 0 aromatic heterocycles. The van der Waals surface area contributed by atoms with Gasteiger partial charge in [0.25, 0.3) is 0 Å². The van der Waals surface area contributed by atoms with E-state index in [1.54, 1.807) is 6.92 Å². The minimum Gasteiger partial charge on any atom is -0.464 e. The number of aliphatic hydroxyl groups is 1. The fourth-order valence-corrected chi connectivity index (χ4v) is 9.01. The highest BCUT2D eigenvalue weighted by atomic mass is 32.2. The molecule has 29 heavy (non-hydrogen) atoms. The Labute approximate surface area is 176 Å². The quantitative estimate of drug-likeness (QED) is 0.693. The Bertz CT molecular complexity index is 805. The van der Waals surface area contributed by atoms with Crippen LogP contribution >= 0.6 is 11.8 Å². The molecule has 5 nitrogen and oxygen atoms in total. The molecule has 158 valence electrons. The lowest BCUT2D eigenvalue weighted by Gasteiger charge is -2.62. The highest BCUT2D eigenvalue weighted by Gasteiger charge is 2.69. The molecule has 2 unspecified atom stereocenters. The second kappa shape index (κ2) is 6.68. The summed E-state index contributed by atoms with van der Waals surface area (Å²) >= 11 is 1.38. The molecule has 3 saturated carbocycles. The van der Waals surface area contributed by atoms with Crippen LogP contribution in [-0.2, 0) is 19.1 Å². The van der Waals surface area contributed by atoms with Gasteiger partial charge in [-0.05, 0) is 68.8 Å². The van der Waals surface area contributed by atoms with E-state index in [1.165, 1.54) is 11.8 Å². The molecule has 0 aromatic rings. The average molecular weight is 419 g/mol. The molecule has 4 aliphatic carbocycles. The molecule has 6 rings (SSSR count). The lowest BCUT2D eigenvalue weighted by Crippen LogP contribution is -2.63. The summed E-state index contributed by atoms with van der Waals surface area (Å²) in [4.78, 5) is 38.2. The third-order valence-corrected chi connectivity index (χ3v) is 10.1. The zero-order chi connectivity index (χ0) is 20.6. The average Bonchev–Trinajstić information content (AvgIpc) is 3.02. The van der Waals surface area contributed by atoms with Gasteiger partial charge in [-0.1, -0.05) is 24.3 Å². The fraction of sp³-hybridized carbons (Fsp3) is 0.783. The molecule has 1 N–H and O–H groups in total. The Hall–Kier alpha value is -1.14. The number of thioether (sulfide) groups is 1. The van der Waals surface area contributed by atoms with Crippen LogP contribution in [0.25, 0.3) is 0 Å². The van der Waals surface area contributed by atoms with Gasteiger partial charge in [-0.2, -0.15) is 0 Å². The second-order valence-electron chi connectivity index (χ2n) is 9.93. The largest absolute Gasteiger partial charge is 0.464 e. The number of aliphatic hydroxyl groups excluding tert-OH is 1. The van der Waals surface area contributed by atoms with Gasteiger partial charge in [-0.25, -0.2) is 0 Å². The number of ketones is 1. The first-order chi connectivity index (χ1) is 13.8. The van der Waals surface area contributed by atoms with Crippen LogP contribution in [0.2, 0.25) is 0 Å². The highest BCUT2D eigenvalue weighted by molar-refractivity contribution is 8.14. The maximum atomic E-state index is 13.3. The molecule has 4 bridgehead atoms. The number of carbonyl (C=O) groups excluding carboxylic acids is 3. The van der Waals surface area contributed by atoms with Gasteiger partial charge in [0.1, 0.15) is 6.61 Å². The molecule has 6 aliphatic rings. The lowest BCUT2D eigenvalue weighted by atomic mass is 9.45. The van der Waals surface area contributed by atoms with Crippen molar-refractivity contribution >= 4 is 28.6 Å². The van der Waals surface area contributed by atoms with Crippen molar-refractivity contribution in [3.05, 3.63) is 11.6 Å². The van der Waals surface area contributed by atoms with Gasteiger partial charge in [-0.15, -0.1) is 0 Å². The van der Waals surface area contributed by atoms with E-state index in [0.29, 0.717) is 31.8 Å². The van der Waals surface area contributed by atoms with E-state index in [9.17, 15) is 19.5 Å². The summed E-state index contributed by atoms with van der Waals surface area (Å²) in [5.74, 6) is 0.511. The van der Waals surface area contributed by atoms with Crippen LogP contribution in [0.15, 0.2) is 11.6 Å². The van der Waals surface area contributed by atoms with Crippen LogP contribution in [0.4, 0.5) is 0 Å². The molecular weight excluding hydrogens is 388 g/mol. The Balaban J connectivity index is 1.67. The molecule has 8 atom stereocenters. The molecule has 2 heterocycles. The molecular formula is C23H30O5S. The summed E-state index contributed by atoms with van der Waals surface area (Å²) in [7, 11) is 0. The first kappa shape index (κ1) is 19.8. The number of carbonyl (C=O) groups is 3. The third-order valence-electron chi connectivity index (χ3n) is 8.99. The van der Waals surface area contributed by atoms with Crippen LogP contribution in [0, 0.1) is 34.5 Å². The molecule has 0 radical (unpaired) electrons. The van der Waals surface area contributed by atoms with E-state index in [1.807, 2.05) is 6.08 Å². The molecule has 0 aromatic carbocycles. The summed E-state index contributed by atoms with van der Waals surface area (Å²) < 4.78 is 5.96. The smallest absolute Gasteiger partial charge is 0.315 e. The van der Waals surface area contributed by atoms with Crippen LogP contribution in [-0.4, -0.2) is 39.9 Å². The van der Waals surface area contributed by atoms with E-state index >= 15 is 0 Å². The first-order valence-corrected chi connectivity index (χ1v) is 12.0. The van der Waals surface area contributed by atoms with Crippen molar-refractivity contribution in [1.82, 2.24) is 0 Å². The van der Waals surface area contributed by atoms with Gasteiger partial charge < -0.3 is 9.84 Å². The fourth-order valence-electron chi connectivity index (χ4n) is 7.78. The third kappa shape index (κ3) is 2.54. The molecule has 2 aliphatic heterocycles. The molecule has 6 heteroatoms. The molecule has 0 amide bonds. The van der Waals surface area contributed by atoms with Crippen molar-refractivity contribution in [1.29, 1.82) is 0 Å². The topological polar surface area (TPSA) is 80.7 Å². The Kier molecular flexibility index (Phi) is 4.56. The summed E-state index contributed by atoms with van der Waals surface area (Å²) in [6.45, 7) is 3.98. The standard InChI is InChI=1S/C23H30O5S/c1-3-13-10-22-11-28-21(27)23-7-6-15(22)20(16(23)4-5-19(23)26)18(29-12(2)24)9-14(22)8-17(13)25/h8,13,15-16,18-20,26H,3-7,9-11H2,1-2H3/t13?,15?,16-,18+,19-,20+,22+,23+/m0/s1. The Morgan fingerprint density at radius 2 is 2.07 bits per heavy atom. The van der Waals surface area contributed by atoms with Gasteiger partial charge in [0, 0.05) is 23.5 Å². The number of esters is 1. The minimum atomic E-state index is -0.797. The van der Waals surface area contributed by atoms with E-state index < -0.39 is 11.5 Å². The van der Waals surface area contributed by atoms with Crippen LogP contribution in [0.1, 0.15) is 58.8 Å². The van der Waals surface area contributed by atoms with Crippen LogP contribution < -0.4 is 0 Å². The molecule has 5 fully saturated rings. The SMILES string of the molecule is CCC1C[C@]23COC(=O)[C@]45CCC2[C@@H]([C@H](SC(C)=O)CC3=CC1=O)[C@@H]4CC[C@@H]5O. The van der Waals surface area contributed by atoms with Gasteiger partial charge in [0.2, 0.25) is 0 Å². The minimum absolute atomic E-state index is 0.0182. The van der Waals surface area contributed by atoms with Gasteiger partial charge in [0.15, 0.2) is 10.9 Å². The van der Waals surface area contributed by atoms with Crippen molar-refractivity contribution < 1.29 is 24.2 Å². The summed E-state index contributed by atoms with van der Waals surface area (Å²) in [6, 6.07) is 0. The predicted molar refractivity (Wildman–Crippen MR) is 109 cm³/mol. The number of rotatable bonds is 2. The van der Waals surface area contributed by atoms with Crippen molar-refractivity contribution in [2.45, 2.75) is 70.1 Å². The van der Waals surface area contributed by atoms with Gasteiger partial charge in [-0.3, -0.25) is 14.4 Å². The van der Waals surface area contributed by atoms with Crippen molar-refractivity contribution in [3.8, 4) is 0 Å². The predicted octanol–water partition coefficient (Wildman–Crippen LogP) is 3.29. The Morgan fingerprint density at radius 3 is 2.79 bits per heavy atom. The maximum Gasteiger partial charge on any atom is 0.315 e. The number of ether oxygens (including phenoxy) is 1.